The van der Waals surface area contributed by atoms with Gasteiger partial charge in [0.2, 0.25) is 0 Å². The summed E-state index contributed by atoms with van der Waals surface area (Å²) in [5, 5.41) is 3.39. The molecule has 9 heteroatoms. The fraction of sp³-hybridized carbons (Fsp3) is 0.174. The molecule has 3 aromatic rings. The fourth-order valence-electron chi connectivity index (χ4n) is 2.93. The summed E-state index contributed by atoms with van der Waals surface area (Å²) >= 11 is 11.8. The van der Waals surface area contributed by atoms with Gasteiger partial charge in [0.05, 0.1) is 10.6 Å². The van der Waals surface area contributed by atoms with Crippen LogP contribution in [0.3, 0.4) is 0 Å². The van der Waals surface area contributed by atoms with Crippen LogP contribution in [0.25, 0.3) is 0 Å². The number of ether oxygens (including phenoxy) is 1. The van der Waals surface area contributed by atoms with Gasteiger partial charge in [-0.2, -0.15) is 0 Å². The van der Waals surface area contributed by atoms with Crippen LogP contribution in [0.15, 0.2) is 71.6 Å². The van der Waals surface area contributed by atoms with Crippen LogP contribution < -0.4 is 14.8 Å². The van der Waals surface area contributed by atoms with Crippen molar-refractivity contribution in [3.8, 4) is 5.75 Å². The monoisotopic (exact) mass is 492 g/mol. The van der Waals surface area contributed by atoms with Gasteiger partial charge in [0.1, 0.15) is 5.75 Å². The van der Waals surface area contributed by atoms with Crippen molar-refractivity contribution in [3.63, 3.8) is 0 Å². The summed E-state index contributed by atoms with van der Waals surface area (Å²) in [4.78, 5) is 12.7. The average Bonchev–Trinajstić information content (AvgIpc) is 2.72. The van der Waals surface area contributed by atoms with Crippen molar-refractivity contribution in [3.05, 3.63) is 82.3 Å². The number of nitrogens with one attached hydrogen (secondary N) is 2. The number of rotatable bonds is 8. The van der Waals surface area contributed by atoms with Gasteiger partial charge < -0.3 is 10.1 Å². The van der Waals surface area contributed by atoms with E-state index in [1.807, 2.05) is 38.1 Å². The largest absolute Gasteiger partial charge is 0.480 e. The lowest BCUT2D eigenvalue weighted by Gasteiger charge is -2.18. The Morgan fingerprint density at radius 2 is 1.59 bits per heavy atom. The van der Waals surface area contributed by atoms with E-state index < -0.39 is 16.1 Å². The molecule has 3 rings (SSSR count). The number of carbonyl (C=O) groups is 1. The molecule has 0 aromatic heterocycles. The molecule has 3 aromatic carbocycles. The molecule has 0 bridgehead atoms. The van der Waals surface area contributed by atoms with Crippen LogP contribution in [-0.4, -0.2) is 20.4 Å². The number of halogens is 2. The second-order valence-corrected chi connectivity index (χ2v) is 9.61. The Morgan fingerprint density at radius 1 is 0.969 bits per heavy atom. The third-order valence-electron chi connectivity index (χ3n) is 4.57. The van der Waals surface area contributed by atoms with Gasteiger partial charge in [0.25, 0.3) is 15.9 Å². The predicted molar refractivity (Wildman–Crippen MR) is 128 cm³/mol. The molecule has 2 N–H and O–H groups in total. The molecule has 0 unspecified atom stereocenters. The first-order valence-corrected chi connectivity index (χ1v) is 12.0. The second-order valence-electron chi connectivity index (χ2n) is 7.06. The molecule has 0 spiro atoms. The van der Waals surface area contributed by atoms with Crippen LogP contribution in [0.5, 0.6) is 5.75 Å². The van der Waals surface area contributed by atoms with Gasteiger partial charge in [0.15, 0.2) is 6.10 Å². The summed E-state index contributed by atoms with van der Waals surface area (Å²) in [7, 11) is -3.86. The average molecular weight is 493 g/mol. The molecule has 0 fully saturated rings. The van der Waals surface area contributed by atoms with E-state index in [9.17, 15) is 13.2 Å². The quantitative estimate of drug-likeness (QED) is 0.409. The van der Waals surface area contributed by atoms with E-state index in [1.165, 1.54) is 42.5 Å². The van der Waals surface area contributed by atoms with Crippen molar-refractivity contribution in [2.45, 2.75) is 31.3 Å². The first-order chi connectivity index (χ1) is 15.2. The van der Waals surface area contributed by atoms with Crippen LogP contribution in [0.4, 0.5) is 11.4 Å². The molecule has 0 radical (unpaired) electrons. The maximum atomic E-state index is 12.7. The van der Waals surface area contributed by atoms with E-state index in [4.69, 9.17) is 27.9 Å². The molecule has 0 aliphatic rings. The third kappa shape index (κ3) is 6.16. The van der Waals surface area contributed by atoms with Crippen molar-refractivity contribution in [1.29, 1.82) is 0 Å². The summed E-state index contributed by atoms with van der Waals surface area (Å²) < 4.78 is 33.6. The molecule has 0 aliphatic heterocycles. The Labute approximate surface area is 197 Å². The van der Waals surface area contributed by atoms with Crippen LogP contribution >= 0.6 is 23.2 Å². The topological polar surface area (TPSA) is 84.5 Å². The van der Waals surface area contributed by atoms with Gasteiger partial charge in [0, 0.05) is 15.7 Å². The minimum Gasteiger partial charge on any atom is -0.480 e. The van der Waals surface area contributed by atoms with Crippen molar-refractivity contribution in [2.24, 2.45) is 0 Å². The standard InChI is InChI=1S/C23H22Cl2N2O4S/c1-3-21(31-22-7-5-4-6-15(22)2)23(28)26-18-8-10-20(11-9-18)32(29,30)27-19-13-16(24)12-17(25)14-19/h4-14,21,27H,3H2,1-2H3,(H,26,28)/t21-/m1/s1. The maximum absolute atomic E-state index is 12.7. The second kappa shape index (κ2) is 10.3. The molecule has 0 heterocycles. The van der Waals surface area contributed by atoms with Gasteiger partial charge >= 0.3 is 0 Å². The lowest BCUT2D eigenvalue weighted by atomic mass is 10.2. The number of amides is 1. The lowest BCUT2D eigenvalue weighted by molar-refractivity contribution is -0.122. The first kappa shape index (κ1) is 23.9. The number of carbonyl (C=O) groups excluding carboxylic acids is 1. The minimum atomic E-state index is -3.86. The summed E-state index contributed by atoms with van der Waals surface area (Å²) in [5.74, 6) is 0.321. The van der Waals surface area contributed by atoms with E-state index in [1.54, 1.807) is 0 Å². The third-order valence-corrected chi connectivity index (χ3v) is 6.41. The fourth-order valence-corrected chi connectivity index (χ4v) is 4.50. The number of hydrogen-bond donors (Lipinski definition) is 2. The number of benzene rings is 3. The van der Waals surface area contributed by atoms with Gasteiger partial charge in [-0.05, 0) is 67.4 Å². The van der Waals surface area contributed by atoms with Crippen molar-refractivity contribution in [2.75, 3.05) is 10.0 Å². The van der Waals surface area contributed by atoms with Gasteiger partial charge in [-0.15, -0.1) is 0 Å². The lowest BCUT2D eigenvalue weighted by Crippen LogP contribution is -2.32. The Hall–Kier alpha value is -2.74. The highest BCUT2D eigenvalue weighted by atomic mass is 35.5. The molecular weight excluding hydrogens is 471 g/mol. The summed E-state index contributed by atoms with van der Waals surface area (Å²) in [6, 6.07) is 17.7. The number of aryl methyl sites for hydroxylation is 1. The molecule has 0 saturated carbocycles. The highest BCUT2D eigenvalue weighted by molar-refractivity contribution is 7.92. The zero-order valence-corrected chi connectivity index (χ0v) is 19.8. The zero-order valence-electron chi connectivity index (χ0n) is 17.4. The molecule has 6 nitrogen and oxygen atoms in total. The van der Waals surface area contributed by atoms with Gasteiger partial charge in [-0.1, -0.05) is 48.3 Å². The van der Waals surface area contributed by atoms with Gasteiger partial charge in [-0.3, -0.25) is 9.52 Å². The first-order valence-electron chi connectivity index (χ1n) is 9.80. The smallest absolute Gasteiger partial charge is 0.265 e. The Morgan fingerprint density at radius 3 is 2.19 bits per heavy atom. The number of anilines is 2. The van der Waals surface area contributed by atoms with E-state index in [2.05, 4.69) is 10.0 Å². The van der Waals surface area contributed by atoms with E-state index in [0.717, 1.165) is 5.56 Å². The summed E-state index contributed by atoms with van der Waals surface area (Å²) in [6.07, 6.45) is -0.215. The van der Waals surface area contributed by atoms with E-state index >= 15 is 0 Å². The predicted octanol–water partition coefficient (Wildman–Crippen LogP) is 5.90. The normalized spacial score (nSPS) is 12.1. The molecule has 0 saturated heterocycles. The van der Waals surface area contributed by atoms with Crippen molar-refractivity contribution >= 4 is 50.5 Å². The Balaban J connectivity index is 1.69. The van der Waals surface area contributed by atoms with Crippen LogP contribution in [0.1, 0.15) is 18.9 Å². The number of sulfonamides is 1. The van der Waals surface area contributed by atoms with E-state index in [0.29, 0.717) is 27.9 Å². The van der Waals surface area contributed by atoms with Crippen LogP contribution in [0.2, 0.25) is 10.0 Å². The van der Waals surface area contributed by atoms with Crippen LogP contribution in [0, 0.1) is 6.92 Å². The summed E-state index contributed by atoms with van der Waals surface area (Å²) in [5.41, 5.74) is 1.63. The molecular formula is C23H22Cl2N2O4S. The number of para-hydroxylation sites is 1. The number of hydrogen-bond acceptors (Lipinski definition) is 4. The highest BCUT2D eigenvalue weighted by Crippen LogP contribution is 2.25. The van der Waals surface area contributed by atoms with Crippen molar-refractivity contribution < 1.29 is 17.9 Å². The molecule has 168 valence electrons. The van der Waals surface area contributed by atoms with Crippen molar-refractivity contribution in [1.82, 2.24) is 0 Å². The molecule has 0 aliphatic carbocycles. The Kier molecular flexibility index (Phi) is 7.66. The molecule has 1 atom stereocenters. The van der Waals surface area contributed by atoms with E-state index in [-0.39, 0.29) is 16.5 Å². The van der Waals surface area contributed by atoms with Crippen LogP contribution in [-0.2, 0) is 14.8 Å². The van der Waals surface area contributed by atoms with Gasteiger partial charge in [-0.25, -0.2) is 8.42 Å². The Bertz CT molecular complexity index is 1190. The SMILES string of the molecule is CC[C@@H](Oc1ccccc1C)C(=O)Nc1ccc(S(=O)(=O)Nc2cc(Cl)cc(Cl)c2)cc1. The molecule has 32 heavy (non-hydrogen) atoms. The minimum absolute atomic E-state index is 0.0230. The summed E-state index contributed by atoms with van der Waals surface area (Å²) in [6.45, 7) is 3.76. The zero-order chi connectivity index (χ0) is 23.3. The molecule has 1 amide bonds. The highest BCUT2D eigenvalue weighted by Gasteiger charge is 2.20. The maximum Gasteiger partial charge on any atom is 0.265 e.